The molecule has 2 heteroatoms. The summed E-state index contributed by atoms with van der Waals surface area (Å²) in [5.74, 6) is 1.19. The maximum atomic E-state index is 6.01. The van der Waals surface area contributed by atoms with Crippen molar-refractivity contribution in [1.29, 1.82) is 0 Å². The molecule has 1 saturated heterocycles. The zero-order valence-electron chi connectivity index (χ0n) is 7.55. The maximum Gasteiger partial charge on any atom is 0.0509 e. The van der Waals surface area contributed by atoms with Crippen LogP contribution in [0.3, 0.4) is 0 Å². The summed E-state index contributed by atoms with van der Waals surface area (Å²) >= 11 is 0. The van der Waals surface area contributed by atoms with Crippen molar-refractivity contribution in [3.63, 3.8) is 0 Å². The van der Waals surface area contributed by atoms with Gasteiger partial charge < -0.3 is 10.5 Å². The molecule has 0 amide bonds. The van der Waals surface area contributed by atoms with Crippen LogP contribution in [0.5, 0.6) is 0 Å². The predicted molar refractivity (Wildman–Crippen MR) is 46.4 cm³/mol. The fourth-order valence-electron chi connectivity index (χ4n) is 1.61. The molecule has 0 saturated carbocycles. The summed E-state index contributed by atoms with van der Waals surface area (Å²) in [6.07, 6.45) is 2.43. The van der Waals surface area contributed by atoms with Crippen molar-refractivity contribution < 1.29 is 4.74 Å². The van der Waals surface area contributed by atoms with Gasteiger partial charge in [-0.15, -0.1) is 0 Å². The Morgan fingerprint density at radius 1 is 1.45 bits per heavy atom. The number of ether oxygens (including phenoxy) is 1. The van der Waals surface area contributed by atoms with Crippen LogP contribution in [0.1, 0.15) is 26.7 Å². The summed E-state index contributed by atoms with van der Waals surface area (Å²) < 4.78 is 5.37. The summed E-state index contributed by atoms with van der Waals surface area (Å²) in [4.78, 5) is 0. The Labute approximate surface area is 69.1 Å². The molecule has 11 heavy (non-hydrogen) atoms. The SMILES string of the molecule is CC(C)[C@H](N)[C@H]1CCCOC1. The van der Waals surface area contributed by atoms with E-state index in [0.29, 0.717) is 17.9 Å². The molecule has 0 aromatic heterocycles. The molecular weight excluding hydrogens is 138 g/mol. The molecule has 1 aliphatic rings. The van der Waals surface area contributed by atoms with Crippen molar-refractivity contribution in [2.24, 2.45) is 17.6 Å². The van der Waals surface area contributed by atoms with Gasteiger partial charge in [0.15, 0.2) is 0 Å². The fourth-order valence-corrected chi connectivity index (χ4v) is 1.61. The lowest BCUT2D eigenvalue weighted by molar-refractivity contribution is 0.0386. The number of hydrogen-bond acceptors (Lipinski definition) is 2. The second kappa shape index (κ2) is 4.07. The van der Waals surface area contributed by atoms with Crippen LogP contribution < -0.4 is 5.73 Å². The van der Waals surface area contributed by atoms with Crippen LogP contribution in [0.2, 0.25) is 0 Å². The first-order valence-electron chi connectivity index (χ1n) is 4.55. The quantitative estimate of drug-likeness (QED) is 0.657. The molecule has 1 rings (SSSR count). The molecule has 0 aliphatic carbocycles. The van der Waals surface area contributed by atoms with E-state index >= 15 is 0 Å². The van der Waals surface area contributed by atoms with E-state index in [1.54, 1.807) is 0 Å². The first kappa shape index (κ1) is 9.01. The van der Waals surface area contributed by atoms with Gasteiger partial charge in [0.25, 0.3) is 0 Å². The van der Waals surface area contributed by atoms with E-state index in [-0.39, 0.29) is 0 Å². The van der Waals surface area contributed by atoms with Crippen LogP contribution in [0.15, 0.2) is 0 Å². The Morgan fingerprint density at radius 2 is 2.18 bits per heavy atom. The lowest BCUT2D eigenvalue weighted by Crippen LogP contribution is -2.39. The van der Waals surface area contributed by atoms with E-state index in [1.807, 2.05) is 0 Å². The highest BCUT2D eigenvalue weighted by Gasteiger charge is 2.22. The average molecular weight is 157 g/mol. The highest BCUT2D eigenvalue weighted by Crippen LogP contribution is 2.20. The van der Waals surface area contributed by atoms with Crippen LogP contribution in [-0.4, -0.2) is 19.3 Å². The highest BCUT2D eigenvalue weighted by atomic mass is 16.5. The predicted octanol–water partition coefficient (Wildman–Crippen LogP) is 1.40. The van der Waals surface area contributed by atoms with Crippen molar-refractivity contribution in [3.05, 3.63) is 0 Å². The molecule has 0 aromatic carbocycles. The fraction of sp³-hybridized carbons (Fsp3) is 1.00. The first-order valence-corrected chi connectivity index (χ1v) is 4.55. The van der Waals surface area contributed by atoms with E-state index in [9.17, 15) is 0 Å². The van der Waals surface area contributed by atoms with Gasteiger partial charge in [-0.25, -0.2) is 0 Å². The Morgan fingerprint density at radius 3 is 2.64 bits per heavy atom. The zero-order chi connectivity index (χ0) is 8.27. The second-order valence-corrected chi connectivity index (χ2v) is 3.80. The van der Waals surface area contributed by atoms with E-state index in [2.05, 4.69) is 13.8 Å². The van der Waals surface area contributed by atoms with Crippen molar-refractivity contribution in [1.82, 2.24) is 0 Å². The Bertz CT molecular complexity index is 108. The molecule has 0 radical (unpaired) electrons. The highest BCUT2D eigenvalue weighted by molar-refractivity contribution is 4.77. The van der Waals surface area contributed by atoms with Crippen LogP contribution >= 0.6 is 0 Å². The normalized spacial score (nSPS) is 28.9. The van der Waals surface area contributed by atoms with Gasteiger partial charge in [0.1, 0.15) is 0 Å². The number of rotatable bonds is 2. The lowest BCUT2D eigenvalue weighted by Gasteiger charge is -2.29. The zero-order valence-corrected chi connectivity index (χ0v) is 7.55. The molecule has 0 spiro atoms. The van der Waals surface area contributed by atoms with E-state index < -0.39 is 0 Å². The van der Waals surface area contributed by atoms with Gasteiger partial charge in [0, 0.05) is 12.6 Å². The van der Waals surface area contributed by atoms with Gasteiger partial charge in [-0.1, -0.05) is 13.8 Å². The topological polar surface area (TPSA) is 35.2 Å². The van der Waals surface area contributed by atoms with Gasteiger partial charge in [0.2, 0.25) is 0 Å². The van der Waals surface area contributed by atoms with E-state index in [1.165, 1.54) is 12.8 Å². The van der Waals surface area contributed by atoms with E-state index in [0.717, 1.165) is 13.2 Å². The van der Waals surface area contributed by atoms with Gasteiger partial charge in [-0.05, 0) is 24.7 Å². The van der Waals surface area contributed by atoms with Gasteiger partial charge >= 0.3 is 0 Å². The molecule has 0 aromatic rings. The Hall–Kier alpha value is -0.0800. The maximum absolute atomic E-state index is 6.01. The molecule has 66 valence electrons. The number of hydrogen-bond donors (Lipinski definition) is 1. The minimum absolute atomic E-state index is 0.329. The largest absolute Gasteiger partial charge is 0.381 e. The molecule has 1 heterocycles. The monoisotopic (exact) mass is 157 g/mol. The van der Waals surface area contributed by atoms with Crippen molar-refractivity contribution >= 4 is 0 Å². The number of nitrogens with two attached hydrogens (primary N) is 1. The molecule has 2 atom stereocenters. The minimum Gasteiger partial charge on any atom is -0.381 e. The summed E-state index contributed by atoms with van der Waals surface area (Å²) in [5.41, 5.74) is 6.01. The van der Waals surface area contributed by atoms with Crippen molar-refractivity contribution in [2.45, 2.75) is 32.7 Å². The van der Waals surface area contributed by atoms with Crippen molar-refractivity contribution in [3.8, 4) is 0 Å². The molecule has 0 unspecified atom stereocenters. The Balaban J connectivity index is 2.32. The van der Waals surface area contributed by atoms with Crippen LogP contribution in [0.25, 0.3) is 0 Å². The first-order chi connectivity index (χ1) is 5.22. The van der Waals surface area contributed by atoms with Crippen LogP contribution in [-0.2, 0) is 4.74 Å². The summed E-state index contributed by atoms with van der Waals surface area (Å²) in [5, 5.41) is 0. The minimum atomic E-state index is 0.329. The molecule has 2 N–H and O–H groups in total. The lowest BCUT2D eigenvalue weighted by atomic mass is 9.87. The van der Waals surface area contributed by atoms with Crippen LogP contribution in [0.4, 0.5) is 0 Å². The molecule has 1 fully saturated rings. The smallest absolute Gasteiger partial charge is 0.0509 e. The molecular formula is C9H19NO. The summed E-state index contributed by atoms with van der Waals surface area (Å²) in [6, 6.07) is 0.329. The third-order valence-electron chi connectivity index (χ3n) is 2.51. The summed E-state index contributed by atoms with van der Waals surface area (Å²) in [6.45, 7) is 6.17. The van der Waals surface area contributed by atoms with Gasteiger partial charge in [-0.3, -0.25) is 0 Å². The van der Waals surface area contributed by atoms with Crippen molar-refractivity contribution in [2.75, 3.05) is 13.2 Å². The second-order valence-electron chi connectivity index (χ2n) is 3.80. The molecule has 0 bridgehead atoms. The molecule has 1 aliphatic heterocycles. The summed E-state index contributed by atoms with van der Waals surface area (Å²) in [7, 11) is 0. The standard InChI is InChI=1S/C9H19NO/c1-7(2)9(10)8-4-3-5-11-6-8/h7-9H,3-6,10H2,1-2H3/t8-,9-/m0/s1. The Kier molecular flexibility index (Phi) is 3.34. The average Bonchev–Trinajstić information content (AvgIpc) is 2.05. The molecule has 2 nitrogen and oxygen atoms in total. The van der Waals surface area contributed by atoms with Crippen LogP contribution in [0, 0.1) is 11.8 Å². The van der Waals surface area contributed by atoms with Gasteiger partial charge in [0.05, 0.1) is 6.61 Å². The van der Waals surface area contributed by atoms with Gasteiger partial charge in [-0.2, -0.15) is 0 Å². The van der Waals surface area contributed by atoms with E-state index in [4.69, 9.17) is 10.5 Å². The third-order valence-corrected chi connectivity index (χ3v) is 2.51. The third kappa shape index (κ3) is 2.46.